The lowest BCUT2D eigenvalue weighted by Crippen LogP contribution is -1.86. The van der Waals surface area contributed by atoms with Crippen molar-refractivity contribution in [3.05, 3.63) is 56.8 Å². The van der Waals surface area contributed by atoms with Crippen LogP contribution in [0.5, 0.6) is 0 Å². The van der Waals surface area contributed by atoms with Gasteiger partial charge in [0.15, 0.2) is 5.82 Å². The van der Waals surface area contributed by atoms with Gasteiger partial charge in [-0.05, 0) is 24.6 Å². The van der Waals surface area contributed by atoms with Gasteiger partial charge < -0.3 is 0 Å². The normalized spacial score (nSPS) is 10.8. The molecule has 0 radical (unpaired) electrons. The first-order valence-electron chi connectivity index (χ1n) is 6.25. The number of nitro benzene ring substituents is 1. The molecule has 0 aromatic heterocycles. The van der Waals surface area contributed by atoms with Crippen LogP contribution in [0.15, 0.2) is 44.9 Å². The Kier molecular flexibility index (Phi) is 5.31. The number of nitro groups is 1. The van der Waals surface area contributed by atoms with Gasteiger partial charge in [0.2, 0.25) is 0 Å². The third-order valence-corrected chi connectivity index (χ3v) is 3.49. The van der Waals surface area contributed by atoms with Crippen LogP contribution in [0.3, 0.4) is 0 Å². The summed E-state index contributed by atoms with van der Waals surface area (Å²) in [4.78, 5) is 10.0. The van der Waals surface area contributed by atoms with E-state index in [0.717, 1.165) is 12.1 Å². The summed E-state index contributed by atoms with van der Waals surface area (Å²) >= 11 is 5.86. The highest BCUT2D eigenvalue weighted by Gasteiger charge is 2.10. The van der Waals surface area contributed by atoms with E-state index in [2.05, 4.69) is 14.6 Å². The molecule has 0 saturated heterocycles. The first-order chi connectivity index (χ1) is 11.3. The van der Waals surface area contributed by atoms with E-state index < -0.39 is 21.2 Å². The van der Waals surface area contributed by atoms with E-state index in [1.165, 1.54) is 25.1 Å². The molecule has 0 spiro atoms. The minimum absolute atomic E-state index is 0.0153. The molecule has 0 bridgehead atoms. The second-order valence-corrected chi connectivity index (χ2v) is 5.52. The molecule has 0 aliphatic rings. The van der Waals surface area contributed by atoms with E-state index in [-0.39, 0.29) is 27.8 Å². The molecular formula is C13H8ClFN4O4S. The molecule has 0 fully saturated rings. The quantitative estimate of drug-likeness (QED) is 0.436. The van der Waals surface area contributed by atoms with Crippen LogP contribution in [0, 0.1) is 22.9 Å². The van der Waals surface area contributed by atoms with Crippen molar-refractivity contribution in [2.24, 2.45) is 14.6 Å². The second-order valence-electron chi connectivity index (χ2n) is 4.49. The fourth-order valence-corrected chi connectivity index (χ4v) is 2.28. The van der Waals surface area contributed by atoms with Crippen LogP contribution in [0.1, 0.15) is 5.56 Å². The highest BCUT2D eigenvalue weighted by molar-refractivity contribution is 7.61. The third-order valence-electron chi connectivity index (χ3n) is 2.85. The zero-order chi connectivity index (χ0) is 17.9. The number of benzene rings is 2. The minimum Gasteiger partial charge on any atom is -0.258 e. The predicted octanol–water partition coefficient (Wildman–Crippen LogP) is 4.81. The minimum atomic E-state index is -2.70. The summed E-state index contributed by atoms with van der Waals surface area (Å²) < 4.78 is 38.2. The average Bonchev–Trinajstić information content (AvgIpc) is 2.49. The van der Waals surface area contributed by atoms with Gasteiger partial charge >= 0.3 is 10.5 Å². The molecule has 2 aromatic carbocycles. The molecule has 0 amide bonds. The van der Waals surface area contributed by atoms with E-state index in [4.69, 9.17) is 11.6 Å². The Balaban J connectivity index is 2.38. The van der Waals surface area contributed by atoms with Gasteiger partial charge in [0.05, 0.1) is 15.6 Å². The van der Waals surface area contributed by atoms with Crippen LogP contribution in [0.4, 0.5) is 27.1 Å². The summed E-state index contributed by atoms with van der Waals surface area (Å²) in [5.74, 6) is -0.827. The van der Waals surface area contributed by atoms with Gasteiger partial charge in [0, 0.05) is 18.2 Å². The molecule has 2 rings (SSSR count). The number of rotatable bonds is 4. The van der Waals surface area contributed by atoms with Gasteiger partial charge in [-0.2, -0.15) is 8.42 Å². The lowest BCUT2D eigenvalue weighted by atomic mass is 10.2. The van der Waals surface area contributed by atoms with E-state index in [1.54, 1.807) is 0 Å². The standard InChI is InChI=1S/C13H8ClFN4O4S/c1-7-4-13(10(15)6-12(7)18-24(22)23)17-16-11-3-2-8(19(20)21)5-9(11)14/h2-6H,1H3. The molecule has 11 heteroatoms. The SMILES string of the molecule is Cc1cc(N=Nc2ccc([N+](=O)[O-])cc2Cl)c(F)cc1N=S(=O)=O. The van der Waals surface area contributed by atoms with Crippen molar-refractivity contribution < 1.29 is 17.7 Å². The Morgan fingerprint density at radius 3 is 2.38 bits per heavy atom. The molecule has 0 unspecified atom stereocenters. The maximum atomic E-state index is 13.9. The van der Waals surface area contributed by atoms with E-state index in [1.807, 2.05) is 0 Å². The summed E-state index contributed by atoms with van der Waals surface area (Å²) in [7, 11) is -2.70. The van der Waals surface area contributed by atoms with Crippen LogP contribution in [0.2, 0.25) is 5.02 Å². The average molecular weight is 371 g/mol. The van der Waals surface area contributed by atoms with Gasteiger partial charge in [0.25, 0.3) is 5.69 Å². The van der Waals surface area contributed by atoms with Crippen LogP contribution < -0.4 is 0 Å². The van der Waals surface area contributed by atoms with Crippen molar-refractivity contribution in [3.8, 4) is 0 Å². The van der Waals surface area contributed by atoms with Gasteiger partial charge in [-0.3, -0.25) is 10.1 Å². The summed E-state index contributed by atoms with van der Waals surface area (Å²) in [5.41, 5.74) is 0.0846. The van der Waals surface area contributed by atoms with Crippen LogP contribution in [0.25, 0.3) is 0 Å². The van der Waals surface area contributed by atoms with Crippen molar-refractivity contribution in [2.75, 3.05) is 0 Å². The van der Waals surface area contributed by atoms with Crippen molar-refractivity contribution in [2.45, 2.75) is 6.92 Å². The van der Waals surface area contributed by atoms with E-state index in [0.29, 0.717) is 5.56 Å². The number of nitrogens with zero attached hydrogens (tertiary/aromatic N) is 4. The van der Waals surface area contributed by atoms with Crippen LogP contribution in [-0.4, -0.2) is 13.3 Å². The summed E-state index contributed by atoms with van der Waals surface area (Å²) in [6, 6.07) is 5.75. The third kappa shape index (κ3) is 4.18. The molecule has 0 saturated carbocycles. The zero-order valence-corrected chi connectivity index (χ0v) is 13.5. The fourth-order valence-electron chi connectivity index (χ4n) is 1.71. The highest BCUT2D eigenvalue weighted by atomic mass is 35.5. The van der Waals surface area contributed by atoms with Crippen molar-refractivity contribution in [3.63, 3.8) is 0 Å². The molecule has 0 atom stereocenters. The largest absolute Gasteiger partial charge is 0.316 e. The highest BCUT2D eigenvalue weighted by Crippen LogP contribution is 2.32. The lowest BCUT2D eigenvalue weighted by molar-refractivity contribution is -0.384. The Bertz CT molecular complexity index is 984. The molecule has 2 aromatic rings. The lowest BCUT2D eigenvalue weighted by Gasteiger charge is -2.02. The Morgan fingerprint density at radius 2 is 1.79 bits per heavy atom. The van der Waals surface area contributed by atoms with Gasteiger partial charge in [0.1, 0.15) is 11.4 Å². The zero-order valence-electron chi connectivity index (χ0n) is 12.0. The molecule has 8 nitrogen and oxygen atoms in total. The maximum Gasteiger partial charge on any atom is 0.316 e. The molecule has 0 aliphatic carbocycles. The van der Waals surface area contributed by atoms with Crippen molar-refractivity contribution in [1.29, 1.82) is 0 Å². The van der Waals surface area contributed by atoms with E-state index in [9.17, 15) is 22.9 Å². The van der Waals surface area contributed by atoms with Gasteiger partial charge in [-0.25, -0.2) is 4.39 Å². The predicted molar refractivity (Wildman–Crippen MR) is 84.4 cm³/mol. The summed E-state index contributed by atoms with van der Waals surface area (Å²) in [6.45, 7) is 1.53. The van der Waals surface area contributed by atoms with E-state index >= 15 is 0 Å². The van der Waals surface area contributed by atoms with Crippen LogP contribution in [-0.2, 0) is 10.5 Å². The first kappa shape index (κ1) is 17.6. The molecular weight excluding hydrogens is 363 g/mol. The summed E-state index contributed by atoms with van der Waals surface area (Å²) in [6.07, 6.45) is 0. The monoisotopic (exact) mass is 370 g/mol. The molecule has 24 heavy (non-hydrogen) atoms. The number of hydrogen-bond donors (Lipinski definition) is 0. The number of non-ortho nitro benzene ring substituents is 1. The van der Waals surface area contributed by atoms with Gasteiger partial charge in [-0.1, -0.05) is 11.6 Å². The number of halogens is 2. The first-order valence-corrected chi connectivity index (χ1v) is 7.66. The van der Waals surface area contributed by atoms with Crippen molar-refractivity contribution >= 4 is 44.9 Å². The topological polar surface area (TPSA) is 114 Å². The van der Waals surface area contributed by atoms with Gasteiger partial charge in [-0.15, -0.1) is 14.6 Å². The Morgan fingerprint density at radius 1 is 1.12 bits per heavy atom. The molecule has 124 valence electrons. The molecule has 0 heterocycles. The number of aryl methyl sites for hydroxylation is 1. The summed E-state index contributed by atoms with van der Waals surface area (Å²) in [5, 5.41) is 18.0. The van der Waals surface area contributed by atoms with Crippen molar-refractivity contribution in [1.82, 2.24) is 0 Å². The Labute approximate surface area is 141 Å². The second kappa shape index (κ2) is 7.23. The number of hydrogen-bond acceptors (Lipinski definition) is 7. The molecule has 0 aliphatic heterocycles. The smallest absolute Gasteiger partial charge is 0.258 e. The molecule has 0 N–H and O–H groups in total. The van der Waals surface area contributed by atoms with Crippen LogP contribution >= 0.6 is 11.6 Å². The number of azo groups is 1. The Hall–Kier alpha value is -2.72. The maximum absolute atomic E-state index is 13.9. The fraction of sp³-hybridized carbons (Fsp3) is 0.0769.